The Balaban J connectivity index is 1.48. The summed E-state index contributed by atoms with van der Waals surface area (Å²) >= 11 is 0. The number of rotatable bonds is 6. The van der Waals surface area contributed by atoms with Crippen molar-refractivity contribution in [2.24, 2.45) is 0 Å². The Morgan fingerprint density at radius 3 is 2.70 bits per heavy atom. The van der Waals surface area contributed by atoms with Crippen LogP contribution in [0.15, 0.2) is 54.7 Å². The molecule has 0 atom stereocenters. The molecule has 0 radical (unpaired) electrons. The molecule has 1 heterocycles. The summed E-state index contributed by atoms with van der Waals surface area (Å²) < 4.78 is 0. The summed E-state index contributed by atoms with van der Waals surface area (Å²) in [6.45, 7) is 0. The van der Waals surface area contributed by atoms with Crippen LogP contribution in [0.25, 0.3) is 10.9 Å². The minimum atomic E-state index is -0.0928. The van der Waals surface area contributed by atoms with Crippen LogP contribution in [0, 0.1) is 0 Å². The zero-order valence-corrected chi connectivity index (χ0v) is 12.6. The van der Waals surface area contributed by atoms with Gasteiger partial charge in [0.15, 0.2) is 5.78 Å². The molecule has 116 valence electrons. The molecule has 0 fully saturated rings. The molecule has 2 aromatic carbocycles. The third-order valence-electron chi connectivity index (χ3n) is 3.63. The van der Waals surface area contributed by atoms with Gasteiger partial charge in [0.25, 0.3) is 0 Å². The number of hydrogen-bond acceptors (Lipinski definition) is 3. The van der Waals surface area contributed by atoms with Crippen molar-refractivity contribution < 1.29 is 9.59 Å². The number of ketones is 1. The largest absolute Gasteiger partial charge is 0.326 e. The number of fused-ring (bicyclic) bond motifs is 1. The molecule has 0 unspecified atom stereocenters. The lowest BCUT2D eigenvalue weighted by Gasteiger charge is -2.05. The van der Waals surface area contributed by atoms with Crippen molar-refractivity contribution in [2.75, 3.05) is 5.32 Å². The molecule has 0 aliphatic heterocycles. The van der Waals surface area contributed by atoms with E-state index in [1.54, 1.807) is 18.3 Å². The third-order valence-corrected chi connectivity index (χ3v) is 3.63. The summed E-state index contributed by atoms with van der Waals surface area (Å²) in [5.41, 5.74) is 2.29. The number of hydrogen-bond donors (Lipinski definition) is 2. The number of benzene rings is 2. The van der Waals surface area contributed by atoms with Gasteiger partial charge in [0.2, 0.25) is 5.91 Å². The van der Waals surface area contributed by atoms with Crippen molar-refractivity contribution in [1.82, 2.24) is 10.2 Å². The van der Waals surface area contributed by atoms with Crippen LogP contribution >= 0.6 is 0 Å². The first-order valence-corrected chi connectivity index (χ1v) is 7.53. The second-order valence-corrected chi connectivity index (χ2v) is 5.36. The molecule has 2 N–H and O–H groups in total. The van der Waals surface area contributed by atoms with Crippen molar-refractivity contribution >= 4 is 28.3 Å². The first-order valence-electron chi connectivity index (χ1n) is 7.53. The van der Waals surface area contributed by atoms with Crippen LogP contribution in [-0.4, -0.2) is 21.9 Å². The molecule has 1 amide bonds. The van der Waals surface area contributed by atoms with E-state index in [1.165, 1.54) is 0 Å². The topological polar surface area (TPSA) is 74.8 Å². The van der Waals surface area contributed by atoms with E-state index in [0.717, 1.165) is 16.6 Å². The van der Waals surface area contributed by atoms with Gasteiger partial charge in [-0.1, -0.05) is 30.3 Å². The molecule has 0 saturated heterocycles. The molecule has 3 rings (SSSR count). The molecule has 3 aromatic rings. The van der Waals surface area contributed by atoms with Gasteiger partial charge < -0.3 is 5.32 Å². The summed E-state index contributed by atoms with van der Waals surface area (Å²) in [5, 5.41) is 10.6. The third kappa shape index (κ3) is 3.83. The Morgan fingerprint density at radius 2 is 1.87 bits per heavy atom. The molecule has 1 aromatic heterocycles. The van der Waals surface area contributed by atoms with Crippen molar-refractivity contribution in [3.05, 3.63) is 60.3 Å². The van der Waals surface area contributed by atoms with E-state index in [0.29, 0.717) is 24.8 Å². The molecular weight excluding hydrogens is 290 g/mol. The van der Waals surface area contributed by atoms with Gasteiger partial charge in [-0.2, -0.15) is 5.10 Å². The quantitative estimate of drug-likeness (QED) is 0.684. The number of carbonyl (C=O) groups excluding carboxylic acids is 2. The summed E-state index contributed by atoms with van der Waals surface area (Å²) in [6, 6.07) is 14.7. The number of anilines is 1. The molecule has 5 heteroatoms. The minimum absolute atomic E-state index is 0.0669. The highest BCUT2D eigenvalue weighted by molar-refractivity contribution is 5.97. The van der Waals surface area contributed by atoms with Crippen LogP contribution in [0.1, 0.15) is 29.6 Å². The Hall–Kier alpha value is -2.95. The Bertz CT molecular complexity index is 824. The lowest BCUT2D eigenvalue weighted by Crippen LogP contribution is -2.12. The highest BCUT2D eigenvalue weighted by Crippen LogP contribution is 2.17. The molecule has 5 nitrogen and oxygen atoms in total. The monoisotopic (exact) mass is 307 g/mol. The second-order valence-electron chi connectivity index (χ2n) is 5.36. The smallest absolute Gasteiger partial charge is 0.224 e. The number of aromatic nitrogens is 2. The average molecular weight is 307 g/mol. The van der Waals surface area contributed by atoms with Gasteiger partial charge in [0.1, 0.15) is 0 Å². The first-order chi connectivity index (χ1) is 11.2. The van der Waals surface area contributed by atoms with E-state index < -0.39 is 0 Å². The second kappa shape index (κ2) is 6.87. The normalized spacial score (nSPS) is 10.6. The number of aromatic amines is 1. The molecule has 0 spiro atoms. The first kappa shape index (κ1) is 15.0. The van der Waals surface area contributed by atoms with Crippen LogP contribution in [0.2, 0.25) is 0 Å². The van der Waals surface area contributed by atoms with Gasteiger partial charge >= 0.3 is 0 Å². The minimum Gasteiger partial charge on any atom is -0.326 e. The van der Waals surface area contributed by atoms with Crippen LogP contribution in [0.3, 0.4) is 0 Å². The molecule has 23 heavy (non-hydrogen) atoms. The molecule has 0 aliphatic carbocycles. The van der Waals surface area contributed by atoms with Crippen molar-refractivity contribution in [2.45, 2.75) is 19.3 Å². The lowest BCUT2D eigenvalue weighted by molar-refractivity contribution is -0.116. The number of amides is 1. The molecular formula is C18H17N3O2. The Labute approximate surface area is 133 Å². The lowest BCUT2D eigenvalue weighted by atomic mass is 10.1. The van der Waals surface area contributed by atoms with Gasteiger partial charge in [0.05, 0.1) is 11.7 Å². The molecule has 0 saturated carbocycles. The van der Waals surface area contributed by atoms with Crippen molar-refractivity contribution in [3.8, 4) is 0 Å². The van der Waals surface area contributed by atoms with E-state index in [4.69, 9.17) is 0 Å². The van der Waals surface area contributed by atoms with Crippen LogP contribution in [0.5, 0.6) is 0 Å². The van der Waals surface area contributed by atoms with Crippen molar-refractivity contribution in [3.63, 3.8) is 0 Å². The molecule has 0 aliphatic rings. The van der Waals surface area contributed by atoms with E-state index in [1.807, 2.05) is 36.4 Å². The van der Waals surface area contributed by atoms with Crippen molar-refractivity contribution in [1.29, 1.82) is 0 Å². The predicted octanol–water partition coefficient (Wildman–Crippen LogP) is 3.55. The van der Waals surface area contributed by atoms with Gasteiger partial charge in [-0.15, -0.1) is 0 Å². The number of nitrogens with zero attached hydrogens (tertiary/aromatic N) is 1. The Kier molecular flexibility index (Phi) is 4.47. The molecule has 0 bridgehead atoms. The maximum atomic E-state index is 12.0. The summed E-state index contributed by atoms with van der Waals surface area (Å²) in [6.07, 6.45) is 2.96. The number of carbonyl (C=O) groups is 2. The SMILES string of the molecule is O=C(CCCC(=O)c1ccccc1)Nc1ccc2cn[nH]c2c1. The zero-order chi connectivity index (χ0) is 16.1. The number of H-pyrrole nitrogens is 1. The maximum absolute atomic E-state index is 12.0. The standard InChI is InChI=1S/C18H17N3O2/c22-17(13-5-2-1-3-6-13)7-4-8-18(23)20-15-10-9-14-12-19-21-16(14)11-15/h1-3,5-6,9-12H,4,7-8H2,(H,19,21)(H,20,23). The van der Waals surface area contributed by atoms with E-state index in [2.05, 4.69) is 15.5 Å². The fourth-order valence-electron chi connectivity index (χ4n) is 2.42. The maximum Gasteiger partial charge on any atom is 0.224 e. The Morgan fingerprint density at radius 1 is 1.04 bits per heavy atom. The number of Topliss-reactive ketones (excluding diaryl/α,β-unsaturated/α-hetero) is 1. The summed E-state index contributed by atoms with van der Waals surface area (Å²) in [4.78, 5) is 23.9. The average Bonchev–Trinajstić information content (AvgIpc) is 3.03. The van der Waals surface area contributed by atoms with Gasteiger partial charge in [-0.25, -0.2) is 0 Å². The van der Waals surface area contributed by atoms with E-state index in [9.17, 15) is 9.59 Å². The highest BCUT2D eigenvalue weighted by Gasteiger charge is 2.08. The van der Waals surface area contributed by atoms with Crippen LogP contribution in [-0.2, 0) is 4.79 Å². The van der Waals surface area contributed by atoms with Crippen LogP contribution < -0.4 is 5.32 Å². The zero-order valence-electron chi connectivity index (χ0n) is 12.6. The summed E-state index contributed by atoms with van der Waals surface area (Å²) in [5.74, 6) is -0.0259. The van der Waals surface area contributed by atoms with Crippen LogP contribution in [0.4, 0.5) is 5.69 Å². The van der Waals surface area contributed by atoms with Gasteiger partial charge in [-0.3, -0.25) is 14.7 Å². The van der Waals surface area contributed by atoms with E-state index in [-0.39, 0.29) is 11.7 Å². The van der Waals surface area contributed by atoms with E-state index >= 15 is 0 Å². The van der Waals surface area contributed by atoms with Gasteiger partial charge in [-0.05, 0) is 24.6 Å². The highest BCUT2D eigenvalue weighted by atomic mass is 16.1. The fourth-order valence-corrected chi connectivity index (χ4v) is 2.42. The fraction of sp³-hybridized carbons (Fsp3) is 0.167. The summed E-state index contributed by atoms with van der Waals surface area (Å²) in [7, 11) is 0. The predicted molar refractivity (Wildman–Crippen MR) is 89.3 cm³/mol. The number of nitrogens with one attached hydrogen (secondary N) is 2. The van der Waals surface area contributed by atoms with Gasteiger partial charge in [0, 0.05) is 29.5 Å².